The molecule has 0 aliphatic carbocycles. The average Bonchev–Trinajstić information content (AvgIpc) is 2.78. The van der Waals surface area contributed by atoms with Gasteiger partial charge in [0.2, 0.25) is 6.29 Å². The van der Waals surface area contributed by atoms with E-state index in [2.05, 4.69) is 0 Å². The molecule has 10 nitrogen and oxygen atoms in total. The lowest BCUT2D eigenvalue weighted by molar-refractivity contribution is -0.386. The van der Waals surface area contributed by atoms with E-state index in [0.717, 1.165) is 0 Å². The second-order valence-corrected chi connectivity index (χ2v) is 9.27. The summed E-state index contributed by atoms with van der Waals surface area (Å²) >= 11 is 5.84. The normalized spacial score (nSPS) is 24.5. The van der Waals surface area contributed by atoms with Crippen LogP contribution >= 0.6 is 11.6 Å². The van der Waals surface area contributed by atoms with E-state index in [9.17, 15) is 19.7 Å². The number of carbonyl (C=O) groups excluding carboxylic acids is 2. The highest BCUT2D eigenvalue weighted by atomic mass is 35.5. The Morgan fingerprint density at radius 2 is 1.82 bits per heavy atom. The second-order valence-electron chi connectivity index (χ2n) is 9.03. The molecule has 0 N–H and O–H groups in total. The fourth-order valence-electron chi connectivity index (χ4n) is 3.77. The molecular weight excluding hydrogens is 466 g/mol. The van der Waals surface area contributed by atoms with Gasteiger partial charge in [0.15, 0.2) is 11.5 Å². The largest absolute Gasteiger partial charge is 0.457 e. The van der Waals surface area contributed by atoms with Gasteiger partial charge in [0, 0.05) is 25.1 Å². The zero-order chi connectivity index (χ0) is 25.6. The molecule has 1 saturated heterocycles. The van der Waals surface area contributed by atoms with Gasteiger partial charge < -0.3 is 19.1 Å². The molecule has 1 aromatic carbocycles. The minimum Gasteiger partial charge on any atom is -0.457 e. The lowest BCUT2D eigenvalue weighted by Gasteiger charge is -2.42. The Bertz CT molecular complexity index is 882. The Morgan fingerprint density at radius 3 is 2.38 bits per heavy atom. The minimum atomic E-state index is -0.809. The minimum absolute atomic E-state index is 0.00433. The number of nitrogens with zero attached hydrogens (tertiary/aromatic N) is 3. The van der Waals surface area contributed by atoms with Crippen LogP contribution in [-0.2, 0) is 20.9 Å². The summed E-state index contributed by atoms with van der Waals surface area (Å²) in [6, 6.07) is 4.31. The molecule has 11 heteroatoms. The van der Waals surface area contributed by atoms with Gasteiger partial charge in [-0.1, -0.05) is 26.8 Å². The van der Waals surface area contributed by atoms with Gasteiger partial charge in [-0.2, -0.15) is 0 Å². The predicted molar refractivity (Wildman–Crippen MR) is 127 cm³/mol. The van der Waals surface area contributed by atoms with Gasteiger partial charge in [-0.25, -0.2) is 4.79 Å². The molecule has 1 heterocycles. The van der Waals surface area contributed by atoms with Crippen LogP contribution in [0.5, 0.6) is 5.75 Å². The smallest absolute Gasteiger partial charge is 0.411 e. The summed E-state index contributed by atoms with van der Waals surface area (Å²) in [5.41, 5.74) is 0.146. The van der Waals surface area contributed by atoms with Crippen molar-refractivity contribution in [3.63, 3.8) is 0 Å². The number of likely N-dealkylation sites (N-methyl/N-ethyl adjacent to an activating group) is 1. The third-order valence-electron chi connectivity index (χ3n) is 6.29. The van der Waals surface area contributed by atoms with Gasteiger partial charge in [-0.3, -0.25) is 19.8 Å². The number of hydrogen-bond donors (Lipinski definition) is 0. The summed E-state index contributed by atoms with van der Waals surface area (Å²) in [5.74, 6) is -0.0561. The number of carbonyl (C=O) groups is 2. The van der Waals surface area contributed by atoms with E-state index in [1.54, 1.807) is 6.07 Å². The number of halogens is 1. The van der Waals surface area contributed by atoms with E-state index in [-0.39, 0.29) is 47.6 Å². The van der Waals surface area contributed by atoms with Crippen molar-refractivity contribution in [2.75, 3.05) is 33.2 Å². The molecule has 1 aliphatic rings. The van der Waals surface area contributed by atoms with Crippen molar-refractivity contribution < 1.29 is 28.7 Å². The number of hydrogen-bond acceptors (Lipinski definition) is 8. The molecule has 0 saturated carbocycles. The molecule has 0 aromatic heterocycles. The fourth-order valence-corrected chi connectivity index (χ4v) is 3.99. The van der Waals surface area contributed by atoms with Crippen LogP contribution < -0.4 is 4.74 Å². The zero-order valence-corrected chi connectivity index (χ0v) is 21.3. The molecule has 1 amide bonds. The highest BCUT2D eigenvalue weighted by Gasteiger charge is 2.42. The number of ketones is 1. The molecule has 1 aromatic rings. The van der Waals surface area contributed by atoms with Gasteiger partial charge in [0.1, 0.15) is 12.7 Å². The summed E-state index contributed by atoms with van der Waals surface area (Å²) in [6.07, 6.45) is -2.05. The van der Waals surface area contributed by atoms with Crippen molar-refractivity contribution in [3.8, 4) is 5.75 Å². The number of rotatable bonds is 10. The van der Waals surface area contributed by atoms with Gasteiger partial charge in [0.25, 0.3) is 0 Å². The van der Waals surface area contributed by atoms with Crippen LogP contribution in [0, 0.1) is 27.9 Å². The number of Topliss-reactive ketones (excluding diaryl/α,β-unsaturated/α-hetero) is 1. The van der Waals surface area contributed by atoms with E-state index in [4.69, 9.17) is 25.8 Å². The van der Waals surface area contributed by atoms with Gasteiger partial charge in [-0.05, 0) is 44.5 Å². The third kappa shape index (κ3) is 7.04. The van der Waals surface area contributed by atoms with Gasteiger partial charge >= 0.3 is 11.8 Å². The Morgan fingerprint density at radius 1 is 1.15 bits per heavy atom. The summed E-state index contributed by atoms with van der Waals surface area (Å²) in [6.45, 7) is 8.20. The quantitative estimate of drug-likeness (QED) is 0.206. The second kappa shape index (κ2) is 12.3. The predicted octanol–water partition coefficient (Wildman–Crippen LogP) is 3.89. The first kappa shape index (κ1) is 27.8. The molecule has 34 heavy (non-hydrogen) atoms. The van der Waals surface area contributed by atoms with Crippen LogP contribution in [0.4, 0.5) is 10.5 Å². The molecule has 1 fully saturated rings. The first-order chi connectivity index (χ1) is 16.0. The molecule has 0 bridgehead atoms. The summed E-state index contributed by atoms with van der Waals surface area (Å²) in [5, 5.41) is 11.7. The monoisotopic (exact) mass is 499 g/mol. The van der Waals surface area contributed by atoms with Crippen LogP contribution in [0.15, 0.2) is 18.2 Å². The Balaban J connectivity index is 2.13. The number of alkyl halides is 1. The third-order valence-corrected chi connectivity index (χ3v) is 6.58. The molecule has 3 unspecified atom stereocenters. The van der Waals surface area contributed by atoms with Crippen LogP contribution in [0.3, 0.4) is 0 Å². The van der Waals surface area contributed by atoms with E-state index >= 15 is 0 Å². The average molecular weight is 500 g/mol. The lowest BCUT2D eigenvalue weighted by atomic mass is 9.78. The first-order valence-electron chi connectivity index (χ1n) is 11.2. The molecule has 190 valence electrons. The van der Waals surface area contributed by atoms with E-state index in [0.29, 0.717) is 18.7 Å². The Kier molecular flexibility index (Phi) is 10.1. The number of benzene rings is 1. The van der Waals surface area contributed by atoms with Crippen LogP contribution in [0.1, 0.15) is 33.3 Å². The maximum Gasteiger partial charge on any atom is 0.411 e. The maximum atomic E-state index is 12.3. The molecule has 5 atom stereocenters. The number of ether oxygens (including phenoxy) is 3. The van der Waals surface area contributed by atoms with Gasteiger partial charge in [-0.15, -0.1) is 11.6 Å². The van der Waals surface area contributed by atoms with E-state index < -0.39 is 23.4 Å². The highest BCUT2D eigenvalue weighted by molar-refractivity contribution is 6.18. The van der Waals surface area contributed by atoms with Crippen LogP contribution in [0.2, 0.25) is 0 Å². The highest BCUT2D eigenvalue weighted by Crippen LogP contribution is 2.38. The SMILES string of the molecule is CC(=O)C1OC(Oc2ccc(COC(=O)N(CCl)CCN(C)C)cc2[N+](=O)[O-])[C@@H](C)[C@@H](C)C1C. The zero-order valence-electron chi connectivity index (χ0n) is 20.5. The topological polar surface area (TPSA) is 111 Å². The fraction of sp³-hybridized carbons (Fsp3) is 0.652. The van der Waals surface area contributed by atoms with Gasteiger partial charge in [0.05, 0.1) is 10.9 Å². The van der Waals surface area contributed by atoms with Crippen molar-refractivity contribution in [2.24, 2.45) is 17.8 Å². The molecule has 0 spiro atoms. The van der Waals surface area contributed by atoms with Crippen molar-refractivity contribution in [2.45, 2.75) is 46.7 Å². The van der Waals surface area contributed by atoms with Crippen LogP contribution in [0.25, 0.3) is 0 Å². The first-order valence-corrected chi connectivity index (χ1v) is 11.7. The van der Waals surface area contributed by atoms with Crippen LogP contribution in [-0.4, -0.2) is 72.2 Å². The standard InChI is InChI=1S/C23H34ClN3O7/c1-14-15(2)21(17(4)28)34-22(16(14)3)33-20-8-7-18(11-19(20)27(30)31)12-32-23(29)26(13-24)10-9-25(5)6/h7-8,11,14-16,21-22H,9-10,12-13H2,1-6H3/t14-,15?,16-,21?,22?/m0/s1. The Hall–Kier alpha value is -2.43. The summed E-state index contributed by atoms with van der Waals surface area (Å²) in [4.78, 5) is 38.7. The number of amides is 1. The number of nitro groups is 1. The molecule has 0 radical (unpaired) electrons. The summed E-state index contributed by atoms with van der Waals surface area (Å²) in [7, 11) is 3.75. The van der Waals surface area contributed by atoms with E-state index in [1.165, 1.54) is 24.0 Å². The molecule has 1 aliphatic heterocycles. The van der Waals surface area contributed by atoms with Crippen molar-refractivity contribution >= 4 is 29.2 Å². The maximum absolute atomic E-state index is 12.3. The molecular formula is C23H34ClN3O7. The number of nitro benzene ring substituents is 1. The van der Waals surface area contributed by atoms with E-state index in [1.807, 2.05) is 39.8 Å². The van der Waals surface area contributed by atoms with Crippen molar-refractivity contribution in [1.29, 1.82) is 0 Å². The molecule has 2 rings (SSSR count). The summed E-state index contributed by atoms with van der Waals surface area (Å²) < 4.78 is 17.1. The lowest BCUT2D eigenvalue weighted by Crippen LogP contribution is -2.49. The Labute approximate surface area is 205 Å². The van der Waals surface area contributed by atoms with Crippen molar-refractivity contribution in [3.05, 3.63) is 33.9 Å². The van der Waals surface area contributed by atoms with Crippen molar-refractivity contribution in [1.82, 2.24) is 9.80 Å².